The van der Waals surface area contributed by atoms with Gasteiger partial charge in [0.15, 0.2) is 0 Å². The summed E-state index contributed by atoms with van der Waals surface area (Å²) in [5.41, 5.74) is 6.93. The van der Waals surface area contributed by atoms with Crippen LogP contribution in [0.25, 0.3) is 17.4 Å². The number of aryl methyl sites for hydroxylation is 1. The second-order valence-electron chi connectivity index (χ2n) is 10.6. The number of furan rings is 1. The molecule has 10 heteroatoms. The fraction of sp³-hybridized carbons (Fsp3) is 0.448. The van der Waals surface area contributed by atoms with Crippen molar-refractivity contribution in [3.63, 3.8) is 0 Å². The molecular formula is C29H31ClN2O5S2. The summed E-state index contributed by atoms with van der Waals surface area (Å²) in [4.78, 5) is 39.1. The molecule has 2 amide bonds. The molecule has 2 aromatic rings. The lowest BCUT2D eigenvalue weighted by Gasteiger charge is -2.30. The molecule has 0 radical (unpaired) electrons. The van der Waals surface area contributed by atoms with Crippen LogP contribution >= 0.6 is 35.6 Å². The van der Waals surface area contributed by atoms with Crippen molar-refractivity contribution in [1.29, 1.82) is 0 Å². The van der Waals surface area contributed by atoms with Gasteiger partial charge in [0.05, 0.1) is 17.4 Å². The first kappa shape index (κ1) is 27.9. The Morgan fingerprint density at radius 1 is 1.28 bits per heavy atom. The Morgan fingerprint density at radius 2 is 2.05 bits per heavy atom. The predicted octanol–water partition coefficient (Wildman–Crippen LogP) is 5.98. The Bertz CT molecular complexity index is 1320. The summed E-state index contributed by atoms with van der Waals surface area (Å²) in [6, 6.07) is 9.51. The van der Waals surface area contributed by atoms with E-state index < -0.39 is 17.8 Å². The van der Waals surface area contributed by atoms with E-state index in [9.17, 15) is 14.4 Å². The highest BCUT2D eigenvalue weighted by Crippen LogP contribution is 2.49. The minimum atomic E-state index is -0.583. The molecule has 2 aliphatic carbocycles. The van der Waals surface area contributed by atoms with E-state index in [2.05, 4.69) is 0 Å². The SMILES string of the molecule is C[C@@H](CC(N)=O)C(=O)OCCCc1cc(-c2ccc(Cl)cc2)oc1/C=C1\SC(=S)N(C2CC3CCC2C3)C1=O. The number of carbonyl (C=O) groups is 3. The van der Waals surface area contributed by atoms with Gasteiger partial charge in [-0.2, -0.15) is 0 Å². The maximum atomic E-state index is 13.5. The van der Waals surface area contributed by atoms with E-state index in [1.807, 2.05) is 23.1 Å². The molecule has 2 saturated carbocycles. The average Bonchev–Trinajstić information content (AvgIpc) is 3.67. The third-order valence-electron chi connectivity index (χ3n) is 7.83. The third-order valence-corrected chi connectivity index (χ3v) is 9.42. The number of fused-ring (bicyclic) bond motifs is 2. The Morgan fingerprint density at radius 3 is 2.72 bits per heavy atom. The summed E-state index contributed by atoms with van der Waals surface area (Å²) < 4.78 is 12.2. The summed E-state index contributed by atoms with van der Waals surface area (Å²) in [6.07, 6.45) is 7.51. The molecule has 4 atom stereocenters. The molecule has 3 unspecified atom stereocenters. The molecule has 2 N–H and O–H groups in total. The minimum absolute atomic E-state index is 0.0460. The fourth-order valence-corrected chi connectivity index (χ4v) is 7.36. The lowest BCUT2D eigenvalue weighted by Crippen LogP contribution is -2.41. The monoisotopic (exact) mass is 586 g/mol. The van der Waals surface area contributed by atoms with Gasteiger partial charge in [-0.25, -0.2) is 0 Å². The number of nitrogens with zero attached hydrogens (tertiary/aromatic N) is 1. The standard InChI is InChI=1S/C29H31ClN2O5S2/c1-16(11-26(31)33)28(35)36-10-2-3-20-14-23(18-6-8-21(30)9-7-18)37-24(20)15-25-27(34)32(29(38)39-25)22-13-17-4-5-19(22)12-17/h6-9,14-17,19,22H,2-5,10-13H2,1H3,(H2,31,33)/b25-15-/t16-,17?,19?,22?/m0/s1. The van der Waals surface area contributed by atoms with Gasteiger partial charge in [-0.3, -0.25) is 19.3 Å². The van der Waals surface area contributed by atoms with Crippen LogP contribution in [-0.4, -0.2) is 39.7 Å². The fourth-order valence-electron chi connectivity index (χ4n) is 5.89. The van der Waals surface area contributed by atoms with Crippen molar-refractivity contribution in [1.82, 2.24) is 4.90 Å². The average molecular weight is 587 g/mol. The smallest absolute Gasteiger partial charge is 0.309 e. The Kier molecular flexibility index (Phi) is 8.49. The summed E-state index contributed by atoms with van der Waals surface area (Å²) >= 11 is 13.1. The molecule has 1 aromatic carbocycles. The number of hydrogen-bond acceptors (Lipinski definition) is 7. The molecular weight excluding hydrogens is 556 g/mol. The number of esters is 1. The molecule has 206 valence electrons. The maximum Gasteiger partial charge on any atom is 0.309 e. The van der Waals surface area contributed by atoms with Gasteiger partial charge in [0.2, 0.25) is 5.91 Å². The highest BCUT2D eigenvalue weighted by molar-refractivity contribution is 8.26. The van der Waals surface area contributed by atoms with E-state index in [1.165, 1.54) is 31.0 Å². The number of thiocarbonyl (C=S) groups is 1. The van der Waals surface area contributed by atoms with Crippen LogP contribution in [0.15, 0.2) is 39.7 Å². The summed E-state index contributed by atoms with van der Waals surface area (Å²) in [5, 5.41) is 0.627. The number of primary amides is 1. The van der Waals surface area contributed by atoms with Gasteiger partial charge in [0, 0.05) is 29.1 Å². The van der Waals surface area contributed by atoms with E-state index in [4.69, 9.17) is 38.7 Å². The molecule has 3 fully saturated rings. The van der Waals surface area contributed by atoms with E-state index in [0.717, 1.165) is 17.5 Å². The van der Waals surface area contributed by atoms with Gasteiger partial charge in [0.1, 0.15) is 15.8 Å². The third kappa shape index (κ3) is 6.26. The van der Waals surface area contributed by atoms with Crippen LogP contribution in [0.3, 0.4) is 0 Å². The molecule has 1 aliphatic heterocycles. The quantitative estimate of drug-likeness (QED) is 0.158. The minimum Gasteiger partial charge on any atom is -0.465 e. The van der Waals surface area contributed by atoms with Gasteiger partial charge in [-0.1, -0.05) is 48.9 Å². The van der Waals surface area contributed by atoms with E-state index in [1.54, 1.807) is 25.1 Å². The number of halogens is 1. The Hall–Kier alpha value is -2.62. The second kappa shape index (κ2) is 11.9. The zero-order valence-electron chi connectivity index (χ0n) is 21.7. The van der Waals surface area contributed by atoms with Crippen LogP contribution in [0.4, 0.5) is 0 Å². The van der Waals surface area contributed by atoms with Gasteiger partial charge in [0.25, 0.3) is 5.91 Å². The number of thioether (sulfide) groups is 1. The van der Waals surface area contributed by atoms with Crippen molar-refractivity contribution in [3.05, 3.63) is 51.6 Å². The van der Waals surface area contributed by atoms with Crippen molar-refractivity contribution in [2.45, 2.75) is 57.9 Å². The molecule has 3 aliphatic rings. The van der Waals surface area contributed by atoms with Crippen LogP contribution in [0, 0.1) is 17.8 Å². The first-order chi connectivity index (χ1) is 18.7. The molecule has 7 nitrogen and oxygen atoms in total. The van der Waals surface area contributed by atoms with E-state index in [-0.39, 0.29) is 25.0 Å². The second-order valence-corrected chi connectivity index (χ2v) is 12.8. The molecule has 2 bridgehead atoms. The Balaban J connectivity index is 1.32. The first-order valence-electron chi connectivity index (χ1n) is 13.3. The normalized spacial score (nSPS) is 24.1. The van der Waals surface area contributed by atoms with Gasteiger partial charge in [-0.05, 0) is 79.8 Å². The zero-order valence-corrected chi connectivity index (χ0v) is 24.1. The molecule has 2 heterocycles. The number of nitrogens with two attached hydrogens (primary N) is 1. The van der Waals surface area contributed by atoms with Crippen LogP contribution < -0.4 is 5.73 Å². The van der Waals surface area contributed by atoms with Crippen LogP contribution in [-0.2, 0) is 25.5 Å². The summed E-state index contributed by atoms with van der Waals surface area (Å²) in [5.74, 6) is 0.873. The van der Waals surface area contributed by atoms with Gasteiger partial charge >= 0.3 is 5.97 Å². The lowest BCUT2D eigenvalue weighted by atomic mass is 9.94. The largest absolute Gasteiger partial charge is 0.465 e. The number of ether oxygens (including phenoxy) is 1. The predicted molar refractivity (Wildman–Crippen MR) is 156 cm³/mol. The van der Waals surface area contributed by atoms with Crippen molar-refractivity contribution in [2.75, 3.05) is 6.61 Å². The number of benzene rings is 1. The summed E-state index contributed by atoms with van der Waals surface area (Å²) in [7, 11) is 0. The molecule has 5 rings (SSSR count). The number of hydrogen-bond donors (Lipinski definition) is 1. The summed E-state index contributed by atoms with van der Waals surface area (Å²) in [6.45, 7) is 1.81. The van der Waals surface area contributed by atoms with Gasteiger partial charge in [-0.15, -0.1) is 0 Å². The van der Waals surface area contributed by atoms with Crippen LogP contribution in [0.1, 0.15) is 56.8 Å². The van der Waals surface area contributed by atoms with Crippen molar-refractivity contribution in [2.24, 2.45) is 23.5 Å². The highest BCUT2D eigenvalue weighted by Gasteiger charge is 2.48. The number of carbonyl (C=O) groups excluding carboxylic acids is 3. The van der Waals surface area contributed by atoms with Gasteiger partial charge < -0.3 is 14.9 Å². The highest BCUT2D eigenvalue weighted by atomic mass is 35.5. The first-order valence-corrected chi connectivity index (χ1v) is 14.9. The molecule has 0 spiro atoms. The number of rotatable bonds is 10. The molecule has 1 saturated heterocycles. The Labute approximate surface area is 242 Å². The lowest BCUT2D eigenvalue weighted by molar-refractivity contribution is -0.149. The van der Waals surface area contributed by atoms with Crippen molar-refractivity contribution < 1.29 is 23.5 Å². The van der Waals surface area contributed by atoms with Crippen LogP contribution in [0.5, 0.6) is 0 Å². The van der Waals surface area contributed by atoms with E-state index >= 15 is 0 Å². The zero-order chi connectivity index (χ0) is 27.7. The van der Waals surface area contributed by atoms with E-state index in [0.29, 0.717) is 50.4 Å². The molecule has 39 heavy (non-hydrogen) atoms. The molecule has 1 aromatic heterocycles. The maximum absolute atomic E-state index is 13.5. The van der Waals surface area contributed by atoms with Crippen molar-refractivity contribution >= 4 is 63.8 Å². The van der Waals surface area contributed by atoms with Crippen molar-refractivity contribution in [3.8, 4) is 11.3 Å². The number of amides is 2. The van der Waals surface area contributed by atoms with Crippen LogP contribution in [0.2, 0.25) is 5.02 Å². The topological polar surface area (TPSA) is 103 Å².